The molecule has 2 aliphatic rings. The molecule has 0 radical (unpaired) electrons. The van der Waals surface area contributed by atoms with E-state index >= 15 is 0 Å². The average molecular weight is 414 g/mol. The Labute approximate surface area is 173 Å². The first-order chi connectivity index (χ1) is 14.0. The Morgan fingerprint density at radius 1 is 1.24 bits per heavy atom. The van der Waals surface area contributed by atoms with Gasteiger partial charge in [-0.15, -0.1) is 0 Å². The number of carbonyl (C=O) groups excluding carboxylic acids is 3. The molecule has 0 saturated carbocycles. The van der Waals surface area contributed by atoms with Crippen LogP contribution in [0.5, 0.6) is 5.75 Å². The zero-order valence-electron chi connectivity index (χ0n) is 15.9. The number of nitrogens with zero attached hydrogens (tertiary/aromatic N) is 2. The number of anilines is 1. The van der Waals surface area contributed by atoms with Crippen LogP contribution in [-0.2, 0) is 11.3 Å². The molecule has 4 rings (SSSR count). The summed E-state index contributed by atoms with van der Waals surface area (Å²) in [4.78, 5) is 40.6. The third kappa shape index (κ3) is 3.53. The van der Waals surface area contributed by atoms with Crippen LogP contribution in [0.4, 0.5) is 10.5 Å². The molecule has 0 spiro atoms. The second-order valence-corrected chi connectivity index (χ2v) is 7.43. The summed E-state index contributed by atoms with van der Waals surface area (Å²) in [6.45, 7) is 0.761. The largest absolute Gasteiger partial charge is 0.495 e. The molecule has 29 heavy (non-hydrogen) atoms. The van der Waals surface area contributed by atoms with E-state index in [0.29, 0.717) is 40.6 Å². The number of urea groups is 1. The van der Waals surface area contributed by atoms with Gasteiger partial charge in [-0.1, -0.05) is 29.8 Å². The van der Waals surface area contributed by atoms with Gasteiger partial charge in [-0.25, -0.2) is 4.79 Å². The molecular formula is C21H20ClN3O4. The molecule has 7 nitrogen and oxygen atoms in total. The summed E-state index contributed by atoms with van der Waals surface area (Å²) in [6.07, 6.45) is 1.57. The lowest BCUT2D eigenvalue weighted by Crippen LogP contribution is -2.32. The third-order valence-corrected chi connectivity index (χ3v) is 5.58. The molecular weight excluding hydrogens is 394 g/mol. The van der Waals surface area contributed by atoms with Gasteiger partial charge in [0.25, 0.3) is 11.8 Å². The highest BCUT2D eigenvalue weighted by Gasteiger charge is 2.47. The van der Waals surface area contributed by atoms with Crippen molar-refractivity contribution in [3.05, 3.63) is 58.6 Å². The maximum Gasteiger partial charge on any atom is 0.327 e. The minimum absolute atomic E-state index is 0.142. The number of nitrogens with one attached hydrogen (secondary N) is 1. The summed E-state index contributed by atoms with van der Waals surface area (Å²) in [5, 5.41) is 3.14. The molecule has 2 heterocycles. The first-order valence-electron chi connectivity index (χ1n) is 9.34. The first kappa shape index (κ1) is 19.3. The van der Waals surface area contributed by atoms with Gasteiger partial charge in [-0.05, 0) is 42.7 Å². The second kappa shape index (κ2) is 7.75. The molecule has 150 valence electrons. The predicted octanol–water partition coefficient (Wildman–Crippen LogP) is 3.53. The van der Waals surface area contributed by atoms with Crippen molar-refractivity contribution in [2.24, 2.45) is 0 Å². The van der Waals surface area contributed by atoms with Crippen molar-refractivity contribution in [3.63, 3.8) is 0 Å². The summed E-state index contributed by atoms with van der Waals surface area (Å²) >= 11 is 6.10. The summed E-state index contributed by atoms with van der Waals surface area (Å²) in [5.41, 5.74) is 1.49. The molecule has 1 N–H and O–H groups in total. The zero-order chi connectivity index (χ0) is 20.5. The topological polar surface area (TPSA) is 79.0 Å². The van der Waals surface area contributed by atoms with Crippen LogP contribution in [0.15, 0.2) is 42.5 Å². The van der Waals surface area contributed by atoms with Crippen molar-refractivity contribution in [2.45, 2.75) is 25.4 Å². The van der Waals surface area contributed by atoms with Crippen LogP contribution in [0.1, 0.15) is 28.8 Å². The summed E-state index contributed by atoms with van der Waals surface area (Å²) in [5.74, 6) is -0.0705. The highest BCUT2D eigenvalue weighted by atomic mass is 35.5. The van der Waals surface area contributed by atoms with E-state index in [4.69, 9.17) is 16.3 Å². The molecule has 0 bridgehead atoms. The molecule has 2 saturated heterocycles. The van der Waals surface area contributed by atoms with Crippen LogP contribution in [0, 0.1) is 0 Å². The fourth-order valence-corrected chi connectivity index (χ4v) is 4.02. The SMILES string of the molecule is COc1ccc(CN2C(=O)C3CCCN3C2=O)cc1NC(=O)c1ccccc1Cl. The Kier molecular flexibility index (Phi) is 5.15. The Hall–Kier alpha value is -3.06. The van der Waals surface area contributed by atoms with E-state index in [2.05, 4.69) is 5.32 Å². The number of amides is 4. The van der Waals surface area contributed by atoms with Gasteiger partial charge in [0.1, 0.15) is 11.8 Å². The number of halogens is 1. The number of hydrogen-bond donors (Lipinski definition) is 1. The van der Waals surface area contributed by atoms with E-state index in [1.807, 2.05) is 0 Å². The van der Waals surface area contributed by atoms with Crippen LogP contribution in [0.3, 0.4) is 0 Å². The molecule has 0 aromatic heterocycles. The fraction of sp³-hybridized carbons (Fsp3) is 0.286. The first-order valence-corrected chi connectivity index (χ1v) is 9.72. The maximum absolute atomic E-state index is 12.6. The quantitative estimate of drug-likeness (QED) is 0.760. The van der Waals surface area contributed by atoms with Crippen LogP contribution < -0.4 is 10.1 Å². The monoisotopic (exact) mass is 413 g/mol. The Morgan fingerprint density at radius 3 is 2.76 bits per heavy atom. The lowest BCUT2D eigenvalue weighted by atomic mass is 10.1. The number of imide groups is 1. The molecule has 8 heteroatoms. The van der Waals surface area contributed by atoms with Crippen molar-refractivity contribution in [1.82, 2.24) is 9.80 Å². The molecule has 1 unspecified atom stereocenters. The lowest BCUT2D eigenvalue weighted by Gasteiger charge is -2.17. The van der Waals surface area contributed by atoms with Gasteiger partial charge in [-0.2, -0.15) is 0 Å². The lowest BCUT2D eigenvalue weighted by molar-refractivity contribution is -0.128. The van der Waals surface area contributed by atoms with E-state index in [9.17, 15) is 14.4 Å². The van der Waals surface area contributed by atoms with Crippen molar-refractivity contribution in [1.29, 1.82) is 0 Å². The highest BCUT2D eigenvalue weighted by molar-refractivity contribution is 6.34. The molecule has 2 aromatic rings. The van der Waals surface area contributed by atoms with Gasteiger partial charge in [0, 0.05) is 6.54 Å². The van der Waals surface area contributed by atoms with Gasteiger partial charge < -0.3 is 15.0 Å². The normalized spacial score (nSPS) is 18.2. The van der Waals surface area contributed by atoms with E-state index in [1.165, 1.54) is 12.0 Å². The molecule has 2 aromatic carbocycles. The van der Waals surface area contributed by atoms with E-state index < -0.39 is 0 Å². The van der Waals surface area contributed by atoms with Crippen LogP contribution >= 0.6 is 11.6 Å². The molecule has 1 atom stereocenters. The van der Waals surface area contributed by atoms with Crippen LogP contribution in [0.2, 0.25) is 5.02 Å². The smallest absolute Gasteiger partial charge is 0.327 e. The summed E-state index contributed by atoms with van der Waals surface area (Å²) in [6, 6.07) is 11.3. The number of benzene rings is 2. The highest BCUT2D eigenvalue weighted by Crippen LogP contribution is 2.31. The Morgan fingerprint density at radius 2 is 2.03 bits per heavy atom. The van der Waals surface area contributed by atoms with Crippen molar-refractivity contribution in [3.8, 4) is 5.75 Å². The fourth-order valence-electron chi connectivity index (χ4n) is 3.80. The van der Waals surface area contributed by atoms with Gasteiger partial charge in [0.2, 0.25) is 0 Å². The van der Waals surface area contributed by atoms with Crippen LogP contribution in [-0.4, -0.2) is 47.3 Å². The van der Waals surface area contributed by atoms with Crippen molar-refractivity contribution < 1.29 is 19.1 Å². The number of hydrogen-bond acceptors (Lipinski definition) is 4. The zero-order valence-corrected chi connectivity index (χ0v) is 16.6. The third-order valence-electron chi connectivity index (χ3n) is 5.25. The molecule has 0 aliphatic carbocycles. The minimum Gasteiger partial charge on any atom is -0.495 e. The number of rotatable bonds is 5. The van der Waals surface area contributed by atoms with Crippen molar-refractivity contribution in [2.75, 3.05) is 19.0 Å². The maximum atomic E-state index is 12.6. The Balaban J connectivity index is 1.56. The van der Waals surface area contributed by atoms with E-state index in [1.54, 1.807) is 47.4 Å². The predicted molar refractivity (Wildman–Crippen MR) is 108 cm³/mol. The average Bonchev–Trinajstić information content (AvgIpc) is 3.28. The molecule has 2 aliphatic heterocycles. The summed E-state index contributed by atoms with van der Waals surface area (Å²) < 4.78 is 5.34. The van der Waals surface area contributed by atoms with E-state index in [0.717, 1.165) is 6.42 Å². The van der Waals surface area contributed by atoms with E-state index in [-0.39, 0.29) is 30.4 Å². The Bertz CT molecular complexity index is 972. The molecule has 2 fully saturated rings. The number of fused-ring (bicyclic) bond motifs is 1. The standard InChI is InChI=1S/C21H20ClN3O4/c1-29-18-9-8-13(12-25-20(27)17-7-4-10-24(17)21(25)28)11-16(18)23-19(26)14-5-2-3-6-15(14)22/h2-3,5-6,8-9,11,17H,4,7,10,12H2,1H3,(H,23,26). The van der Waals surface area contributed by atoms with Gasteiger partial charge >= 0.3 is 6.03 Å². The van der Waals surface area contributed by atoms with Gasteiger partial charge in [0.15, 0.2) is 0 Å². The van der Waals surface area contributed by atoms with Crippen LogP contribution in [0.25, 0.3) is 0 Å². The van der Waals surface area contributed by atoms with Crippen molar-refractivity contribution >= 4 is 35.1 Å². The van der Waals surface area contributed by atoms with Gasteiger partial charge in [0.05, 0.1) is 29.9 Å². The number of carbonyl (C=O) groups is 3. The molecule has 4 amide bonds. The number of methoxy groups -OCH3 is 1. The minimum atomic E-state index is -0.375. The van der Waals surface area contributed by atoms with Gasteiger partial charge in [-0.3, -0.25) is 14.5 Å². The second-order valence-electron chi connectivity index (χ2n) is 7.03. The summed E-state index contributed by atoms with van der Waals surface area (Å²) in [7, 11) is 1.50. The number of ether oxygens (including phenoxy) is 1.